The molecular weight excluding hydrogens is 668 g/mol. The van der Waals surface area contributed by atoms with E-state index in [0.717, 1.165) is 64.3 Å². The number of halogens is 2. The van der Waals surface area contributed by atoms with E-state index in [4.69, 9.17) is 25.6 Å². The van der Waals surface area contributed by atoms with E-state index < -0.39 is 17.2 Å². The molecule has 12 heteroatoms. The summed E-state index contributed by atoms with van der Waals surface area (Å²) < 4.78 is 49.9. The van der Waals surface area contributed by atoms with E-state index in [0.29, 0.717) is 54.2 Å². The van der Waals surface area contributed by atoms with Gasteiger partial charge in [-0.3, -0.25) is 9.88 Å². The second kappa shape index (κ2) is 12.8. The maximum absolute atomic E-state index is 17.1. The second-order valence-electron chi connectivity index (χ2n) is 15.8. The van der Waals surface area contributed by atoms with Crippen LogP contribution >= 0.6 is 0 Å². The highest BCUT2D eigenvalue weighted by atomic mass is 19.1. The van der Waals surface area contributed by atoms with Crippen LogP contribution in [0.3, 0.4) is 0 Å². The van der Waals surface area contributed by atoms with Gasteiger partial charge in [-0.2, -0.15) is 9.97 Å². The van der Waals surface area contributed by atoms with Crippen LogP contribution < -0.4 is 9.64 Å². The lowest BCUT2D eigenvalue weighted by molar-refractivity contribution is -0.0123. The number of likely N-dealkylation sites (tertiary alicyclic amines) is 1. The lowest BCUT2D eigenvalue weighted by atomic mass is 9.75. The average Bonchev–Trinajstić information content (AvgIpc) is 3.40. The molecule has 3 saturated heterocycles. The zero-order valence-corrected chi connectivity index (χ0v) is 29.3. The highest BCUT2D eigenvalue weighted by Gasteiger charge is 2.56. The fourth-order valence-electron chi connectivity index (χ4n) is 9.79. The summed E-state index contributed by atoms with van der Waals surface area (Å²) >= 11 is 0. The van der Waals surface area contributed by atoms with E-state index in [1.54, 1.807) is 6.92 Å². The van der Waals surface area contributed by atoms with Gasteiger partial charge in [0.1, 0.15) is 34.2 Å². The first-order valence-corrected chi connectivity index (χ1v) is 18.4. The van der Waals surface area contributed by atoms with Crippen molar-refractivity contribution in [1.82, 2.24) is 19.9 Å². The van der Waals surface area contributed by atoms with Gasteiger partial charge in [0, 0.05) is 41.7 Å². The molecule has 5 fully saturated rings. The number of aliphatic hydroxyl groups is 1. The second-order valence-corrected chi connectivity index (χ2v) is 15.8. The zero-order valence-electron chi connectivity index (χ0n) is 29.3. The number of aromatic nitrogens is 3. The van der Waals surface area contributed by atoms with Gasteiger partial charge in [0.15, 0.2) is 5.82 Å². The fraction of sp³-hybridized carbons (Fsp3) is 0.525. The number of terminal acetylenes is 1. The van der Waals surface area contributed by atoms with Crippen LogP contribution in [-0.2, 0) is 9.47 Å². The number of rotatable bonds is 7. The average molecular weight is 712 g/mol. The van der Waals surface area contributed by atoms with Crippen molar-refractivity contribution in [3.8, 4) is 35.4 Å². The molecule has 2 saturated carbocycles. The van der Waals surface area contributed by atoms with E-state index in [2.05, 4.69) is 20.8 Å². The molecule has 9 rings (SSSR count). The topological polar surface area (TPSA) is 113 Å². The van der Waals surface area contributed by atoms with Crippen LogP contribution in [-0.4, -0.2) is 101 Å². The molecule has 0 bridgehead atoms. The molecule has 10 nitrogen and oxygen atoms in total. The number of anilines is 1. The minimum absolute atomic E-state index is 0.0329. The summed E-state index contributed by atoms with van der Waals surface area (Å²) in [6.45, 7) is 7.11. The number of pyridine rings is 1. The van der Waals surface area contributed by atoms with Crippen molar-refractivity contribution in [2.75, 3.05) is 64.1 Å². The molecule has 0 radical (unpaired) electrons. The van der Waals surface area contributed by atoms with Crippen molar-refractivity contribution in [3.05, 3.63) is 47.7 Å². The first-order valence-electron chi connectivity index (χ1n) is 18.4. The summed E-state index contributed by atoms with van der Waals surface area (Å²) in [5.41, 5.74) is -1.36. The highest BCUT2D eigenvalue weighted by molar-refractivity contribution is 6.03. The Morgan fingerprint density at radius 1 is 1.10 bits per heavy atom. The van der Waals surface area contributed by atoms with Gasteiger partial charge in [-0.1, -0.05) is 18.4 Å². The molecule has 272 valence electrons. The Bertz CT molecular complexity index is 2100. The monoisotopic (exact) mass is 711 g/mol. The Morgan fingerprint density at radius 2 is 1.92 bits per heavy atom. The number of β-amino-alcohol motifs (C(OH)–C–C–N with tert-alkyl or cyclic N) is 1. The Balaban J connectivity index is 1.11. The first-order chi connectivity index (χ1) is 25.1. The molecule has 4 aromatic rings. The Hall–Kier alpha value is -4.15. The van der Waals surface area contributed by atoms with Crippen LogP contribution in [0.5, 0.6) is 11.8 Å². The molecule has 1 unspecified atom stereocenters. The van der Waals surface area contributed by atoms with Crippen molar-refractivity contribution in [2.45, 2.75) is 50.7 Å². The van der Waals surface area contributed by atoms with Gasteiger partial charge in [-0.25, -0.2) is 8.78 Å². The van der Waals surface area contributed by atoms with Crippen molar-refractivity contribution in [3.63, 3.8) is 0 Å². The number of aromatic hydroxyl groups is 1. The van der Waals surface area contributed by atoms with Crippen LogP contribution in [0.15, 0.2) is 30.5 Å². The van der Waals surface area contributed by atoms with Crippen LogP contribution in [0, 0.1) is 47.1 Å². The number of nitrogens with zero attached hydrogens (tertiary/aromatic N) is 5. The van der Waals surface area contributed by atoms with Crippen LogP contribution in [0.25, 0.3) is 32.9 Å². The van der Waals surface area contributed by atoms with Crippen LogP contribution in [0.4, 0.5) is 14.6 Å². The SMILES string of the molecule is C#Cc1c(F)ccc2cc(O)cc(-c3ncc4c(N5CCOC[C@@](C)(O)C5)nc(OC[C@]56CCC[C@H]5N(CC5[C@H]7COC[C@@H]57)CCC6)nc4c3F)c12. The third-order valence-electron chi connectivity index (χ3n) is 12.3. The number of hydrogen-bond acceptors (Lipinski definition) is 10. The van der Waals surface area contributed by atoms with E-state index in [1.165, 1.54) is 30.5 Å². The molecule has 2 aromatic carbocycles. The third-order valence-corrected chi connectivity index (χ3v) is 12.3. The van der Waals surface area contributed by atoms with Gasteiger partial charge in [0.05, 0.1) is 50.5 Å². The van der Waals surface area contributed by atoms with Gasteiger partial charge in [0.2, 0.25) is 0 Å². The van der Waals surface area contributed by atoms with Gasteiger partial charge >= 0.3 is 6.01 Å². The number of phenols is 1. The summed E-state index contributed by atoms with van der Waals surface area (Å²) in [4.78, 5) is 18.6. The van der Waals surface area contributed by atoms with E-state index in [9.17, 15) is 14.6 Å². The van der Waals surface area contributed by atoms with E-state index >= 15 is 4.39 Å². The molecule has 3 aliphatic heterocycles. The Morgan fingerprint density at radius 3 is 2.75 bits per heavy atom. The number of benzene rings is 2. The van der Waals surface area contributed by atoms with Crippen molar-refractivity contribution >= 4 is 27.5 Å². The molecule has 52 heavy (non-hydrogen) atoms. The highest BCUT2D eigenvalue weighted by Crippen LogP contribution is 2.54. The number of fused-ring (bicyclic) bond motifs is 4. The summed E-state index contributed by atoms with van der Waals surface area (Å²) in [6, 6.07) is 5.92. The van der Waals surface area contributed by atoms with Crippen LogP contribution in [0.2, 0.25) is 0 Å². The molecule has 6 atom stereocenters. The van der Waals surface area contributed by atoms with Gasteiger partial charge < -0.3 is 29.3 Å². The molecule has 2 aliphatic carbocycles. The predicted molar refractivity (Wildman–Crippen MR) is 191 cm³/mol. The Labute approximate surface area is 301 Å². The van der Waals surface area contributed by atoms with Crippen LogP contribution in [0.1, 0.15) is 44.6 Å². The predicted octanol–water partition coefficient (Wildman–Crippen LogP) is 5.30. The van der Waals surface area contributed by atoms with Gasteiger partial charge in [-0.05, 0) is 80.5 Å². The lowest BCUT2D eigenvalue weighted by Crippen LogP contribution is -2.52. The summed E-state index contributed by atoms with van der Waals surface area (Å²) in [6.07, 6.45) is 12.6. The minimum Gasteiger partial charge on any atom is -0.508 e. The summed E-state index contributed by atoms with van der Waals surface area (Å²) in [7, 11) is 0. The zero-order chi connectivity index (χ0) is 35.8. The fourth-order valence-corrected chi connectivity index (χ4v) is 9.79. The molecule has 2 N–H and O–H groups in total. The number of ether oxygens (including phenoxy) is 3. The van der Waals surface area contributed by atoms with Crippen molar-refractivity contribution in [2.24, 2.45) is 23.2 Å². The lowest BCUT2D eigenvalue weighted by Gasteiger charge is -2.46. The molecule has 2 aromatic heterocycles. The van der Waals surface area contributed by atoms with E-state index in [-0.39, 0.29) is 58.1 Å². The van der Waals surface area contributed by atoms with Crippen molar-refractivity contribution < 1.29 is 33.2 Å². The third kappa shape index (κ3) is 5.73. The molecule has 5 aliphatic rings. The summed E-state index contributed by atoms with van der Waals surface area (Å²) in [5, 5.41) is 22.7. The summed E-state index contributed by atoms with van der Waals surface area (Å²) in [5.74, 6) is 3.30. The van der Waals surface area contributed by atoms with Crippen molar-refractivity contribution in [1.29, 1.82) is 0 Å². The van der Waals surface area contributed by atoms with Gasteiger partial charge in [-0.15, -0.1) is 6.42 Å². The maximum Gasteiger partial charge on any atom is 0.319 e. The number of phenolic OH excluding ortho intramolecular Hbond substituents is 1. The molecular formula is C40H43F2N5O5. The smallest absolute Gasteiger partial charge is 0.319 e. The number of hydrogen-bond donors (Lipinski definition) is 2. The molecule has 0 amide bonds. The minimum atomic E-state index is -1.19. The quantitative estimate of drug-likeness (QED) is 0.245. The first kappa shape index (κ1) is 33.7. The van der Waals surface area contributed by atoms with Gasteiger partial charge in [0.25, 0.3) is 0 Å². The van der Waals surface area contributed by atoms with E-state index in [1.807, 2.05) is 4.90 Å². The molecule has 5 heterocycles. The normalized spacial score (nSPS) is 30.2. The number of piperidine rings is 1. The standard InChI is InChI=1S/C40H43F2N5O5/c1-3-25-31(41)8-7-23-14-24(48)15-26(33(23)25)35-34(42)36-27(16-43-35)37(47-12-13-50-21-39(2,49)20-47)45-38(44-36)52-22-40-9-4-6-32(40)46(11-5-10-40)17-28-29-18-51-19-30(28)29/h1,7-8,14-16,28-30,32,48-49H,4-6,9-13,17-22H2,2H3/t28?,29-,30+,32-,39+,40-/m1/s1. The molecule has 0 spiro atoms. The largest absolute Gasteiger partial charge is 0.508 e. The Kier molecular flexibility index (Phi) is 8.26. The maximum atomic E-state index is 17.1.